The van der Waals surface area contributed by atoms with Crippen molar-refractivity contribution in [3.8, 4) is 0 Å². The summed E-state index contributed by atoms with van der Waals surface area (Å²) in [5, 5.41) is 2.49. The van der Waals surface area contributed by atoms with Crippen LogP contribution in [0.1, 0.15) is 18.1 Å². The van der Waals surface area contributed by atoms with Gasteiger partial charge in [-0.3, -0.25) is 9.59 Å². The highest BCUT2D eigenvalue weighted by Gasteiger charge is 2.30. The summed E-state index contributed by atoms with van der Waals surface area (Å²) in [7, 11) is 0. The predicted molar refractivity (Wildman–Crippen MR) is 89.3 cm³/mol. The molecule has 132 valence electrons. The van der Waals surface area contributed by atoms with Crippen LogP contribution in [0, 0.1) is 6.92 Å². The minimum atomic E-state index is -4.43. The molecule has 0 radical (unpaired) electrons. The van der Waals surface area contributed by atoms with E-state index in [0.29, 0.717) is 5.69 Å². The molecule has 2 amide bonds. The summed E-state index contributed by atoms with van der Waals surface area (Å²) >= 11 is 0. The number of anilines is 2. The molecule has 0 bridgehead atoms. The first-order valence-corrected chi connectivity index (χ1v) is 7.48. The summed E-state index contributed by atoms with van der Waals surface area (Å²) in [4.78, 5) is 25.3. The van der Waals surface area contributed by atoms with E-state index in [0.717, 1.165) is 17.7 Å². The number of hydrogen-bond donors (Lipinski definition) is 1. The number of aryl methyl sites for hydroxylation is 1. The molecule has 0 heterocycles. The van der Waals surface area contributed by atoms with Crippen LogP contribution in [0.4, 0.5) is 24.5 Å². The molecule has 0 aliphatic heterocycles. The highest BCUT2D eigenvalue weighted by molar-refractivity contribution is 6.01. The van der Waals surface area contributed by atoms with Crippen LogP contribution in [-0.2, 0) is 15.8 Å². The van der Waals surface area contributed by atoms with Gasteiger partial charge in [0.05, 0.1) is 5.56 Å². The van der Waals surface area contributed by atoms with Crippen molar-refractivity contribution in [2.24, 2.45) is 0 Å². The first-order valence-electron chi connectivity index (χ1n) is 7.48. The zero-order valence-corrected chi connectivity index (χ0v) is 13.7. The molecule has 0 aromatic heterocycles. The molecule has 0 saturated heterocycles. The van der Waals surface area contributed by atoms with Crippen LogP contribution in [0.5, 0.6) is 0 Å². The van der Waals surface area contributed by atoms with Crippen LogP contribution in [0.3, 0.4) is 0 Å². The van der Waals surface area contributed by atoms with E-state index in [2.05, 4.69) is 5.32 Å². The summed E-state index contributed by atoms with van der Waals surface area (Å²) in [6, 6.07) is 11.2. The van der Waals surface area contributed by atoms with Crippen LogP contribution in [0.15, 0.2) is 48.5 Å². The Labute approximate surface area is 143 Å². The van der Waals surface area contributed by atoms with Gasteiger partial charge in [-0.15, -0.1) is 0 Å². The number of amides is 2. The quantitative estimate of drug-likeness (QED) is 0.906. The van der Waals surface area contributed by atoms with E-state index in [1.165, 1.54) is 24.0 Å². The minimum absolute atomic E-state index is 0.228. The van der Waals surface area contributed by atoms with Gasteiger partial charge in [0.25, 0.3) is 0 Å². The van der Waals surface area contributed by atoms with E-state index in [4.69, 9.17) is 0 Å². The fourth-order valence-corrected chi connectivity index (χ4v) is 2.27. The number of halogens is 3. The Hall–Kier alpha value is -2.83. The molecule has 0 fully saturated rings. The Morgan fingerprint density at radius 3 is 2.24 bits per heavy atom. The molecule has 0 aliphatic carbocycles. The third-order valence-corrected chi connectivity index (χ3v) is 3.49. The largest absolute Gasteiger partial charge is 0.416 e. The molecule has 0 unspecified atom stereocenters. The molecule has 2 aromatic carbocycles. The fraction of sp³-hybridized carbons (Fsp3) is 0.222. The molecule has 0 saturated carbocycles. The molecular formula is C18H17F3N2O2. The Morgan fingerprint density at radius 2 is 1.72 bits per heavy atom. The molecule has 0 atom stereocenters. The normalized spacial score (nSPS) is 11.1. The summed E-state index contributed by atoms with van der Waals surface area (Å²) in [5.41, 5.74) is 0.948. The van der Waals surface area contributed by atoms with Crippen LogP contribution in [0.2, 0.25) is 0 Å². The second kappa shape index (κ2) is 7.38. The number of nitrogens with one attached hydrogen (secondary N) is 1. The van der Waals surface area contributed by atoms with E-state index < -0.39 is 17.6 Å². The van der Waals surface area contributed by atoms with Gasteiger partial charge in [-0.25, -0.2) is 0 Å². The van der Waals surface area contributed by atoms with Gasteiger partial charge in [-0.2, -0.15) is 13.2 Å². The molecule has 7 heteroatoms. The summed E-state index contributed by atoms with van der Waals surface area (Å²) in [5.74, 6) is -0.815. The SMILES string of the molecule is CC(=O)N(CC(=O)Nc1ccc(C(F)(F)F)cc1)c1cccc(C)c1. The molecule has 4 nitrogen and oxygen atoms in total. The standard InChI is InChI=1S/C18H17F3N2O2/c1-12-4-3-5-16(10-12)23(13(2)24)11-17(25)22-15-8-6-14(7-9-15)18(19,20)21/h3-10H,11H2,1-2H3,(H,22,25). The monoisotopic (exact) mass is 350 g/mol. The molecular weight excluding hydrogens is 333 g/mol. The average molecular weight is 350 g/mol. The maximum atomic E-state index is 12.5. The van der Waals surface area contributed by atoms with Gasteiger partial charge in [-0.05, 0) is 48.9 Å². The highest BCUT2D eigenvalue weighted by atomic mass is 19.4. The number of nitrogens with zero attached hydrogens (tertiary/aromatic N) is 1. The van der Waals surface area contributed by atoms with Crippen LogP contribution >= 0.6 is 0 Å². The van der Waals surface area contributed by atoms with Gasteiger partial charge in [0.2, 0.25) is 11.8 Å². The van der Waals surface area contributed by atoms with Gasteiger partial charge < -0.3 is 10.2 Å². The number of benzene rings is 2. The van der Waals surface area contributed by atoms with Gasteiger partial charge in [0.15, 0.2) is 0 Å². The smallest absolute Gasteiger partial charge is 0.325 e. The maximum Gasteiger partial charge on any atom is 0.416 e. The average Bonchev–Trinajstić information content (AvgIpc) is 2.52. The zero-order chi connectivity index (χ0) is 18.6. The van der Waals surface area contributed by atoms with E-state index in [9.17, 15) is 22.8 Å². The van der Waals surface area contributed by atoms with Crippen molar-refractivity contribution < 1.29 is 22.8 Å². The maximum absolute atomic E-state index is 12.5. The second-order valence-electron chi connectivity index (χ2n) is 5.57. The van der Waals surface area contributed by atoms with Crippen LogP contribution in [-0.4, -0.2) is 18.4 Å². The van der Waals surface area contributed by atoms with Crippen LogP contribution in [0.25, 0.3) is 0 Å². The second-order valence-corrected chi connectivity index (χ2v) is 5.57. The van der Waals surface area contributed by atoms with E-state index in [1.807, 2.05) is 13.0 Å². The zero-order valence-electron chi connectivity index (χ0n) is 13.7. The van der Waals surface area contributed by atoms with Gasteiger partial charge >= 0.3 is 6.18 Å². The summed E-state index contributed by atoms with van der Waals surface area (Å²) in [6.45, 7) is 2.97. The number of carbonyl (C=O) groups is 2. The minimum Gasteiger partial charge on any atom is -0.325 e. The Bertz CT molecular complexity index is 771. The van der Waals surface area contributed by atoms with E-state index >= 15 is 0 Å². The lowest BCUT2D eigenvalue weighted by Crippen LogP contribution is -2.36. The van der Waals surface area contributed by atoms with E-state index in [1.54, 1.807) is 18.2 Å². The molecule has 0 spiro atoms. The topological polar surface area (TPSA) is 49.4 Å². The Morgan fingerprint density at radius 1 is 1.08 bits per heavy atom. The van der Waals surface area contributed by atoms with Gasteiger partial charge in [0.1, 0.15) is 6.54 Å². The number of alkyl halides is 3. The van der Waals surface area contributed by atoms with Crippen molar-refractivity contribution in [2.45, 2.75) is 20.0 Å². The fourth-order valence-electron chi connectivity index (χ4n) is 2.27. The lowest BCUT2D eigenvalue weighted by Gasteiger charge is -2.21. The lowest BCUT2D eigenvalue weighted by atomic mass is 10.2. The lowest BCUT2D eigenvalue weighted by molar-refractivity contribution is -0.137. The van der Waals surface area contributed by atoms with Gasteiger partial charge in [0, 0.05) is 18.3 Å². The Kier molecular flexibility index (Phi) is 5.46. The van der Waals surface area contributed by atoms with Crippen molar-refractivity contribution >= 4 is 23.2 Å². The first kappa shape index (κ1) is 18.5. The van der Waals surface area contributed by atoms with Crippen molar-refractivity contribution in [3.63, 3.8) is 0 Å². The number of hydrogen-bond acceptors (Lipinski definition) is 2. The van der Waals surface area contributed by atoms with Crippen LogP contribution < -0.4 is 10.2 Å². The van der Waals surface area contributed by atoms with Crippen molar-refractivity contribution in [2.75, 3.05) is 16.8 Å². The number of rotatable bonds is 4. The molecule has 0 aliphatic rings. The predicted octanol–water partition coefficient (Wildman–Crippen LogP) is 4.01. The van der Waals surface area contributed by atoms with Crippen molar-refractivity contribution in [3.05, 3.63) is 59.7 Å². The molecule has 25 heavy (non-hydrogen) atoms. The van der Waals surface area contributed by atoms with Crippen molar-refractivity contribution in [1.29, 1.82) is 0 Å². The molecule has 1 N–H and O–H groups in total. The third kappa shape index (κ3) is 5.07. The first-order chi connectivity index (χ1) is 11.7. The van der Waals surface area contributed by atoms with E-state index in [-0.39, 0.29) is 18.1 Å². The molecule has 2 aromatic rings. The van der Waals surface area contributed by atoms with Crippen molar-refractivity contribution in [1.82, 2.24) is 0 Å². The summed E-state index contributed by atoms with van der Waals surface area (Å²) in [6.07, 6.45) is -4.43. The summed E-state index contributed by atoms with van der Waals surface area (Å²) < 4.78 is 37.6. The Balaban J connectivity index is 2.08. The third-order valence-electron chi connectivity index (χ3n) is 3.49. The van der Waals surface area contributed by atoms with Gasteiger partial charge in [-0.1, -0.05) is 12.1 Å². The molecule has 2 rings (SSSR count). The number of carbonyl (C=O) groups excluding carboxylic acids is 2. The highest BCUT2D eigenvalue weighted by Crippen LogP contribution is 2.29.